The minimum atomic E-state index is -0.993. The van der Waals surface area contributed by atoms with E-state index in [1.165, 1.54) is 17.0 Å². The van der Waals surface area contributed by atoms with Crippen molar-refractivity contribution in [1.29, 1.82) is 0 Å². The van der Waals surface area contributed by atoms with Gasteiger partial charge in [-0.3, -0.25) is 9.59 Å². The van der Waals surface area contributed by atoms with Gasteiger partial charge in [-0.05, 0) is 75.3 Å². The molecule has 0 aliphatic heterocycles. The van der Waals surface area contributed by atoms with Crippen LogP contribution in [-0.2, 0) is 27.2 Å². The number of ether oxygens (including phenoxy) is 1. The van der Waals surface area contributed by atoms with E-state index in [1.54, 1.807) is 44.7 Å². The monoisotopic (exact) mass is 529 g/mol. The van der Waals surface area contributed by atoms with Gasteiger partial charge < -0.3 is 25.8 Å². The number of carbonyl (C=O) groups is 3. The second kappa shape index (κ2) is 14.5. The third-order valence-electron chi connectivity index (χ3n) is 5.66. The summed E-state index contributed by atoms with van der Waals surface area (Å²) in [5.74, 6) is -0.238. The summed E-state index contributed by atoms with van der Waals surface area (Å²) in [7, 11) is 0. The molecular formula is C28H39N3O5S. The van der Waals surface area contributed by atoms with Crippen LogP contribution in [0.4, 0.5) is 4.79 Å². The minimum Gasteiger partial charge on any atom is -0.508 e. The van der Waals surface area contributed by atoms with Gasteiger partial charge in [0.05, 0.1) is 0 Å². The first-order chi connectivity index (χ1) is 17.5. The minimum absolute atomic E-state index is 0.0973. The molecule has 3 amide bonds. The fourth-order valence-corrected chi connectivity index (χ4v) is 4.38. The van der Waals surface area contributed by atoms with Crippen LogP contribution in [-0.4, -0.2) is 64.2 Å². The number of alkyl carbamates (subject to hydrolysis) is 1. The van der Waals surface area contributed by atoms with Crippen LogP contribution in [0.3, 0.4) is 0 Å². The van der Waals surface area contributed by atoms with Crippen molar-refractivity contribution in [1.82, 2.24) is 10.2 Å². The zero-order valence-corrected chi connectivity index (χ0v) is 22.9. The van der Waals surface area contributed by atoms with Crippen molar-refractivity contribution in [2.24, 2.45) is 5.73 Å². The molecule has 0 saturated carbocycles. The molecule has 2 rings (SSSR count). The number of hydrogen-bond acceptors (Lipinski definition) is 6. The molecule has 0 saturated heterocycles. The summed E-state index contributed by atoms with van der Waals surface area (Å²) < 4.78 is 5.41. The molecule has 0 fully saturated rings. The van der Waals surface area contributed by atoms with Gasteiger partial charge in [-0.2, -0.15) is 11.8 Å². The fourth-order valence-electron chi connectivity index (χ4n) is 3.92. The van der Waals surface area contributed by atoms with E-state index in [4.69, 9.17) is 10.5 Å². The number of aryl methyl sites for hydroxylation is 1. The van der Waals surface area contributed by atoms with Crippen LogP contribution in [0.15, 0.2) is 54.6 Å². The van der Waals surface area contributed by atoms with Gasteiger partial charge in [-0.1, -0.05) is 42.5 Å². The molecule has 0 radical (unpaired) electrons. The van der Waals surface area contributed by atoms with E-state index >= 15 is 0 Å². The van der Waals surface area contributed by atoms with Gasteiger partial charge in [0.25, 0.3) is 0 Å². The Morgan fingerprint density at radius 2 is 1.70 bits per heavy atom. The molecule has 2 atom stereocenters. The Morgan fingerprint density at radius 3 is 2.27 bits per heavy atom. The molecule has 0 unspecified atom stereocenters. The smallest absolute Gasteiger partial charge is 0.408 e. The van der Waals surface area contributed by atoms with Crippen molar-refractivity contribution in [2.75, 3.05) is 18.6 Å². The lowest BCUT2D eigenvalue weighted by molar-refractivity contribution is -0.141. The van der Waals surface area contributed by atoms with E-state index in [2.05, 4.69) is 5.32 Å². The number of phenols is 1. The van der Waals surface area contributed by atoms with Gasteiger partial charge in [0.1, 0.15) is 23.4 Å². The summed E-state index contributed by atoms with van der Waals surface area (Å²) in [6, 6.07) is 14.5. The molecule has 2 aromatic rings. The van der Waals surface area contributed by atoms with Gasteiger partial charge in [-0.25, -0.2) is 4.79 Å². The number of nitrogens with zero attached hydrogens (tertiary/aromatic N) is 1. The molecule has 0 bridgehead atoms. The summed E-state index contributed by atoms with van der Waals surface area (Å²) in [6.07, 6.45) is 3.11. The van der Waals surface area contributed by atoms with E-state index in [0.29, 0.717) is 25.1 Å². The summed E-state index contributed by atoms with van der Waals surface area (Å²) in [5, 5.41) is 12.4. The Morgan fingerprint density at radius 1 is 1.05 bits per heavy atom. The topological polar surface area (TPSA) is 122 Å². The molecule has 0 aromatic heterocycles. The first-order valence-electron chi connectivity index (χ1n) is 12.4. The van der Waals surface area contributed by atoms with Gasteiger partial charge in [0.15, 0.2) is 0 Å². The van der Waals surface area contributed by atoms with E-state index in [9.17, 15) is 19.5 Å². The van der Waals surface area contributed by atoms with Crippen LogP contribution < -0.4 is 11.1 Å². The summed E-state index contributed by atoms with van der Waals surface area (Å²) in [5.41, 5.74) is 6.88. The van der Waals surface area contributed by atoms with Gasteiger partial charge >= 0.3 is 6.09 Å². The van der Waals surface area contributed by atoms with Crippen molar-refractivity contribution in [3.63, 3.8) is 0 Å². The maximum Gasteiger partial charge on any atom is 0.408 e. The van der Waals surface area contributed by atoms with Crippen LogP contribution in [0.25, 0.3) is 0 Å². The number of rotatable bonds is 13. The molecule has 37 heavy (non-hydrogen) atoms. The van der Waals surface area contributed by atoms with E-state index < -0.39 is 35.6 Å². The number of amides is 3. The molecule has 9 heteroatoms. The van der Waals surface area contributed by atoms with E-state index in [-0.39, 0.29) is 12.2 Å². The van der Waals surface area contributed by atoms with Crippen LogP contribution in [0, 0.1) is 0 Å². The lowest BCUT2D eigenvalue weighted by Crippen LogP contribution is -2.56. The Bertz CT molecular complexity index is 1010. The Balaban J connectivity index is 2.33. The van der Waals surface area contributed by atoms with Crippen LogP contribution in [0.5, 0.6) is 5.75 Å². The number of nitrogens with two attached hydrogens (primary N) is 1. The molecule has 0 spiro atoms. The quantitative estimate of drug-likeness (QED) is 0.362. The highest BCUT2D eigenvalue weighted by molar-refractivity contribution is 7.98. The van der Waals surface area contributed by atoms with Crippen molar-refractivity contribution >= 4 is 29.7 Å². The average Bonchev–Trinajstić information content (AvgIpc) is 2.83. The molecule has 0 aliphatic rings. The second-order valence-electron chi connectivity index (χ2n) is 9.89. The fraction of sp³-hybridized carbons (Fsp3) is 0.464. The zero-order valence-electron chi connectivity index (χ0n) is 22.1. The number of nitrogens with one attached hydrogen (secondary N) is 1. The number of primary amides is 1. The number of aromatic hydroxyl groups is 1. The highest BCUT2D eigenvalue weighted by Crippen LogP contribution is 2.17. The van der Waals surface area contributed by atoms with Crippen molar-refractivity contribution in [3.8, 4) is 5.75 Å². The van der Waals surface area contributed by atoms with Gasteiger partial charge in [0.2, 0.25) is 11.8 Å². The number of thioether (sulfide) groups is 1. The molecule has 4 N–H and O–H groups in total. The SMILES string of the molecule is CSCC[C@H](C(N)=O)N(CCCc1ccccc1)C(=O)[C@H](Cc1ccc(O)cc1)NC(=O)OC(C)(C)C. The third kappa shape index (κ3) is 10.8. The Hall–Kier alpha value is -3.20. The van der Waals surface area contributed by atoms with Crippen molar-refractivity contribution in [2.45, 2.75) is 64.1 Å². The predicted molar refractivity (Wildman–Crippen MR) is 147 cm³/mol. The molecule has 0 heterocycles. The van der Waals surface area contributed by atoms with Gasteiger partial charge in [-0.15, -0.1) is 0 Å². The van der Waals surface area contributed by atoms with Crippen molar-refractivity contribution < 1.29 is 24.2 Å². The number of hydrogen-bond donors (Lipinski definition) is 3. The van der Waals surface area contributed by atoms with Crippen LogP contribution in [0.1, 0.15) is 44.7 Å². The summed E-state index contributed by atoms with van der Waals surface area (Å²) in [6.45, 7) is 5.53. The van der Waals surface area contributed by atoms with Crippen LogP contribution in [0.2, 0.25) is 0 Å². The lowest BCUT2D eigenvalue weighted by atomic mass is 10.0. The van der Waals surface area contributed by atoms with Gasteiger partial charge in [0, 0.05) is 13.0 Å². The third-order valence-corrected chi connectivity index (χ3v) is 6.30. The summed E-state index contributed by atoms with van der Waals surface area (Å²) in [4.78, 5) is 40.6. The second-order valence-corrected chi connectivity index (χ2v) is 10.9. The molecule has 8 nitrogen and oxygen atoms in total. The van der Waals surface area contributed by atoms with E-state index in [1.807, 2.05) is 36.6 Å². The molecule has 202 valence electrons. The highest BCUT2D eigenvalue weighted by atomic mass is 32.2. The normalized spacial score (nSPS) is 12.9. The number of carbonyl (C=O) groups excluding carboxylic acids is 3. The highest BCUT2D eigenvalue weighted by Gasteiger charge is 2.34. The number of benzene rings is 2. The maximum absolute atomic E-state index is 14.0. The lowest BCUT2D eigenvalue weighted by Gasteiger charge is -2.33. The standard InChI is InChI=1S/C28H39N3O5S/c1-28(2,3)36-27(35)30-23(19-21-12-14-22(32)15-13-21)26(34)31(24(25(29)33)16-18-37-4)17-8-11-20-9-6-5-7-10-20/h5-7,9-10,12-15,23-24,32H,8,11,16-19H2,1-4H3,(H2,29,33)(H,30,35)/t23-,24+/m0/s1. The maximum atomic E-state index is 14.0. The molecule has 0 aliphatic carbocycles. The first kappa shape index (κ1) is 30.0. The first-order valence-corrected chi connectivity index (χ1v) is 13.8. The largest absolute Gasteiger partial charge is 0.508 e. The average molecular weight is 530 g/mol. The van der Waals surface area contributed by atoms with Crippen LogP contribution >= 0.6 is 11.8 Å². The Labute approximate surface area is 223 Å². The van der Waals surface area contributed by atoms with E-state index in [0.717, 1.165) is 17.5 Å². The summed E-state index contributed by atoms with van der Waals surface area (Å²) >= 11 is 1.57. The Kier molecular flexibility index (Phi) is 11.8. The number of phenolic OH excluding ortho intramolecular Hbond substituents is 1. The van der Waals surface area contributed by atoms with Crippen molar-refractivity contribution in [3.05, 3.63) is 65.7 Å². The predicted octanol–water partition coefficient (Wildman–Crippen LogP) is 3.90. The zero-order chi connectivity index (χ0) is 27.4. The molecular weight excluding hydrogens is 490 g/mol. The molecule has 2 aromatic carbocycles.